The number of rotatable bonds is 6. The molecule has 0 aliphatic rings. The van der Waals surface area contributed by atoms with Crippen molar-refractivity contribution in [1.82, 2.24) is 9.55 Å². The van der Waals surface area contributed by atoms with Gasteiger partial charge in [0, 0.05) is 5.56 Å². The van der Waals surface area contributed by atoms with Crippen LogP contribution in [0.15, 0.2) is 63.9 Å². The summed E-state index contributed by atoms with van der Waals surface area (Å²) in [7, 11) is 1.56. The monoisotopic (exact) mass is 440 g/mol. The SMILES string of the molecule is COc1ccc(-n2c(SCC(=O)c3ccc(O)c(O)c3)nc3ccsc3c2=O)cc1. The summed E-state index contributed by atoms with van der Waals surface area (Å²) in [6, 6.07) is 12.7. The number of phenols is 2. The third-order valence-electron chi connectivity index (χ3n) is 4.41. The zero-order valence-electron chi connectivity index (χ0n) is 15.7. The van der Waals surface area contributed by atoms with E-state index in [4.69, 9.17) is 4.74 Å². The molecule has 30 heavy (non-hydrogen) atoms. The molecule has 2 aromatic heterocycles. The van der Waals surface area contributed by atoms with Crippen LogP contribution in [-0.2, 0) is 0 Å². The van der Waals surface area contributed by atoms with Crippen molar-refractivity contribution in [3.8, 4) is 22.9 Å². The van der Waals surface area contributed by atoms with Crippen molar-refractivity contribution in [2.24, 2.45) is 0 Å². The molecule has 0 saturated heterocycles. The number of benzene rings is 2. The number of thiophene rings is 1. The van der Waals surface area contributed by atoms with Crippen molar-refractivity contribution < 1.29 is 19.7 Å². The predicted molar refractivity (Wildman–Crippen MR) is 117 cm³/mol. The summed E-state index contributed by atoms with van der Waals surface area (Å²) in [6.45, 7) is 0. The van der Waals surface area contributed by atoms with E-state index in [-0.39, 0.29) is 34.2 Å². The van der Waals surface area contributed by atoms with Crippen molar-refractivity contribution in [3.63, 3.8) is 0 Å². The fraction of sp³-hybridized carbons (Fsp3) is 0.0952. The molecule has 9 heteroatoms. The molecule has 7 nitrogen and oxygen atoms in total. The van der Waals surface area contributed by atoms with E-state index in [0.717, 1.165) is 11.8 Å². The van der Waals surface area contributed by atoms with Crippen LogP contribution in [0.3, 0.4) is 0 Å². The van der Waals surface area contributed by atoms with Crippen LogP contribution in [0.4, 0.5) is 0 Å². The smallest absolute Gasteiger partial charge is 0.276 e. The second-order valence-corrected chi connectivity index (χ2v) is 8.14. The van der Waals surface area contributed by atoms with E-state index in [1.165, 1.54) is 34.1 Å². The molecule has 0 fully saturated rings. The standard InChI is InChI=1S/C21H16N2O5S2/c1-28-14-5-3-13(4-6-14)23-20(27)19-15(8-9-29-19)22-21(23)30-11-18(26)12-2-7-16(24)17(25)10-12/h2-10,24-25H,11H2,1H3. The molecule has 0 atom stereocenters. The normalized spacial score (nSPS) is 11.0. The minimum atomic E-state index is -0.362. The van der Waals surface area contributed by atoms with E-state index in [0.29, 0.717) is 26.8 Å². The zero-order valence-corrected chi connectivity index (χ0v) is 17.4. The van der Waals surface area contributed by atoms with Gasteiger partial charge >= 0.3 is 0 Å². The predicted octanol–water partition coefficient (Wildman–Crippen LogP) is 3.84. The van der Waals surface area contributed by atoms with Crippen LogP contribution in [0.25, 0.3) is 15.9 Å². The van der Waals surface area contributed by atoms with Crippen LogP contribution < -0.4 is 10.3 Å². The third kappa shape index (κ3) is 3.77. The maximum atomic E-state index is 13.1. The molecular weight excluding hydrogens is 424 g/mol. The van der Waals surface area contributed by atoms with Crippen LogP contribution >= 0.6 is 23.1 Å². The van der Waals surface area contributed by atoms with Crippen LogP contribution in [0.2, 0.25) is 0 Å². The number of fused-ring (bicyclic) bond motifs is 1. The van der Waals surface area contributed by atoms with E-state index < -0.39 is 0 Å². The van der Waals surface area contributed by atoms with E-state index in [9.17, 15) is 19.8 Å². The molecule has 0 aliphatic carbocycles. The molecule has 2 heterocycles. The van der Waals surface area contributed by atoms with E-state index in [1.807, 2.05) is 0 Å². The molecule has 0 bridgehead atoms. The summed E-state index contributed by atoms with van der Waals surface area (Å²) in [6.07, 6.45) is 0. The Balaban J connectivity index is 1.71. The van der Waals surface area contributed by atoms with Gasteiger partial charge in [0.25, 0.3) is 5.56 Å². The fourth-order valence-corrected chi connectivity index (χ4v) is 4.52. The minimum Gasteiger partial charge on any atom is -0.504 e. The lowest BCUT2D eigenvalue weighted by Gasteiger charge is -2.12. The summed E-state index contributed by atoms with van der Waals surface area (Å²) >= 11 is 2.44. The average Bonchev–Trinajstić information content (AvgIpc) is 3.23. The van der Waals surface area contributed by atoms with E-state index >= 15 is 0 Å². The Morgan fingerprint density at radius 3 is 2.60 bits per heavy atom. The van der Waals surface area contributed by atoms with Crippen molar-refractivity contribution in [2.45, 2.75) is 5.16 Å². The first-order valence-corrected chi connectivity index (χ1v) is 10.7. The number of aromatic hydroxyl groups is 2. The molecule has 2 aromatic carbocycles. The van der Waals surface area contributed by atoms with Crippen LogP contribution in [0, 0.1) is 0 Å². The van der Waals surface area contributed by atoms with Gasteiger partial charge in [-0.15, -0.1) is 11.3 Å². The number of hydrogen-bond acceptors (Lipinski definition) is 8. The van der Waals surface area contributed by atoms with Gasteiger partial charge in [-0.05, 0) is 53.9 Å². The molecule has 4 aromatic rings. The molecule has 0 spiro atoms. The summed E-state index contributed by atoms with van der Waals surface area (Å²) in [5.41, 5.74) is 1.23. The number of carbonyl (C=O) groups excluding carboxylic acids is 1. The topological polar surface area (TPSA) is 102 Å². The molecule has 0 radical (unpaired) electrons. The van der Waals surface area contributed by atoms with Crippen LogP contribution in [0.5, 0.6) is 17.2 Å². The molecule has 4 rings (SSSR count). The summed E-state index contributed by atoms with van der Waals surface area (Å²) < 4.78 is 7.19. The number of carbonyl (C=O) groups is 1. The number of aromatic nitrogens is 2. The van der Waals surface area contributed by atoms with E-state index in [2.05, 4.69) is 4.98 Å². The van der Waals surface area contributed by atoms with Gasteiger partial charge in [0.1, 0.15) is 10.4 Å². The summed E-state index contributed by atoms with van der Waals surface area (Å²) in [4.78, 5) is 30.2. The van der Waals surface area contributed by atoms with Crippen LogP contribution in [-0.4, -0.2) is 38.4 Å². The van der Waals surface area contributed by atoms with Gasteiger partial charge in [-0.2, -0.15) is 0 Å². The van der Waals surface area contributed by atoms with Gasteiger partial charge in [-0.25, -0.2) is 4.98 Å². The highest BCUT2D eigenvalue weighted by Crippen LogP contribution is 2.28. The quantitative estimate of drug-likeness (QED) is 0.203. The fourth-order valence-electron chi connectivity index (χ4n) is 2.86. The molecule has 0 aliphatic heterocycles. The number of hydrogen-bond donors (Lipinski definition) is 2. The average molecular weight is 441 g/mol. The molecule has 152 valence electrons. The van der Waals surface area contributed by atoms with Crippen molar-refractivity contribution in [2.75, 3.05) is 12.9 Å². The van der Waals surface area contributed by atoms with E-state index in [1.54, 1.807) is 42.8 Å². The molecular formula is C21H16N2O5S2. The van der Waals surface area contributed by atoms with Gasteiger partial charge in [0.2, 0.25) is 0 Å². The maximum absolute atomic E-state index is 13.1. The van der Waals surface area contributed by atoms with Gasteiger partial charge in [-0.3, -0.25) is 14.2 Å². The number of ether oxygens (including phenoxy) is 1. The second-order valence-electron chi connectivity index (χ2n) is 6.28. The number of methoxy groups -OCH3 is 1. The van der Waals surface area contributed by atoms with Crippen molar-refractivity contribution >= 4 is 39.1 Å². The largest absolute Gasteiger partial charge is 0.504 e. The minimum absolute atomic E-state index is 0.00243. The molecule has 0 unspecified atom stereocenters. The Morgan fingerprint density at radius 1 is 1.13 bits per heavy atom. The Morgan fingerprint density at radius 2 is 1.90 bits per heavy atom. The Labute approximate surface area is 179 Å². The van der Waals surface area contributed by atoms with Gasteiger partial charge in [0.15, 0.2) is 22.4 Å². The summed E-state index contributed by atoms with van der Waals surface area (Å²) in [5.74, 6) is -0.261. The second kappa shape index (κ2) is 8.21. The Kier molecular flexibility index (Phi) is 5.47. The molecule has 2 N–H and O–H groups in total. The van der Waals surface area contributed by atoms with Gasteiger partial charge < -0.3 is 14.9 Å². The lowest BCUT2D eigenvalue weighted by atomic mass is 10.1. The first kappa shape index (κ1) is 20.0. The van der Waals surface area contributed by atoms with Crippen molar-refractivity contribution in [3.05, 3.63) is 69.8 Å². The summed E-state index contributed by atoms with van der Waals surface area (Å²) in [5, 5.41) is 21.2. The first-order valence-electron chi connectivity index (χ1n) is 8.80. The van der Waals surface area contributed by atoms with Gasteiger partial charge in [-0.1, -0.05) is 11.8 Å². The van der Waals surface area contributed by atoms with Gasteiger partial charge in [0.05, 0.1) is 24.1 Å². The first-order chi connectivity index (χ1) is 14.5. The maximum Gasteiger partial charge on any atom is 0.276 e. The zero-order chi connectivity index (χ0) is 21.3. The lowest BCUT2D eigenvalue weighted by molar-refractivity contribution is 0.102. The van der Waals surface area contributed by atoms with Crippen molar-refractivity contribution in [1.29, 1.82) is 0 Å². The Hall–Kier alpha value is -3.30. The van der Waals surface area contributed by atoms with Crippen LogP contribution in [0.1, 0.15) is 10.4 Å². The third-order valence-corrected chi connectivity index (χ3v) is 6.24. The Bertz CT molecular complexity index is 1300. The number of ketones is 1. The lowest BCUT2D eigenvalue weighted by Crippen LogP contribution is -2.21. The highest BCUT2D eigenvalue weighted by molar-refractivity contribution is 7.99. The highest BCUT2D eigenvalue weighted by atomic mass is 32.2. The number of phenolic OH excluding ortho intramolecular Hbond substituents is 2. The molecule has 0 saturated carbocycles. The number of Topliss-reactive ketones (excluding diaryl/α,β-unsaturated/α-hetero) is 1. The highest BCUT2D eigenvalue weighted by Gasteiger charge is 2.17. The number of nitrogens with zero attached hydrogens (tertiary/aromatic N) is 2. The number of thioether (sulfide) groups is 1. The molecule has 0 amide bonds.